The van der Waals surface area contributed by atoms with Crippen LogP contribution in [-0.4, -0.2) is 36.7 Å². The molecule has 2 saturated carbocycles. The van der Waals surface area contributed by atoms with Crippen LogP contribution in [-0.2, 0) is 14.9 Å². The fourth-order valence-electron chi connectivity index (χ4n) is 5.12. The van der Waals surface area contributed by atoms with Crippen molar-refractivity contribution >= 4 is 11.9 Å². The molecule has 0 aromatic heterocycles. The smallest absolute Gasteiger partial charge is 0.407 e. The maximum Gasteiger partial charge on any atom is 0.407 e. The highest BCUT2D eigenvalue weighted by Gasteiger charge is 2.39. The monoisotopic (exact) mass is 445 g/mol. The molecule has 0 radical (unpaired) electrons. The summed E-state index contributed by atoms with van der Waals surface area (Å²) in [6.07, 6.45) is 8.14. The predicted octanol–water partition coefficient (Wildman–Crippen LogP) is 5.70. The molecule has 3 rings (SSSR count). The molecule has 0 spiro atoms. The lowest BCUT2D eigenvalue weighted by atomic mass is 9.65. The predicted molar refractivity (Wildman–Crippen MR) is 124 cm³/mol. The van der Waals surface area contributed by atoms with Gasteiger partial charge >= 0.3 is 6.09 Å². The summed E-state index contributed by atoms with van der Waals surface area (Å²) in [7, 11) is 1.66. The van der Waals surface area contributed by atoms with Gasteiger partial charge in [0, 0.05) is 17.9 Å². The van der Waals surface area contributed by atoms with E-state index >= 15 is 0 Å². The molecule has 6 heteroatoms. The molecule has 1 amide bonds. The third kappa shape index (κ3) is 6.39. The maximum absolute atomic E-state index is 12.2. The lowest BCUT2D eigenvalue weighted by Crippen LogP contribution is -2.44. The second-order valence-electron chi connectivity index (χ2n) is 10.5. The zero-order chi connectivity index (χ0) is 23.4. The van der Waals surface area contributed by atoms with Gasteiger partial charge in [0.2, 0.25) is 0 Å². The zero-order valence-corrected chi connectivity index (χ0v) is 20.3. The van der Waals surface area contributed by atoms with Crippen molar-refractivity contribution in [1.82, 2.24) is 5.32 Å². The minimum absolute atomic E-state index is 0.0531. The average molecular weight is 446 g/mol. The number of alkyl carbamates (subject to hydrolysis) is 1. The Balaban J connectivity index is 1.76. The van der Waals surface area contributed by atoms with E-state index in [0.717, 1.165) is 55.6 Å². The molecule has 178 valence electrons. The highest BCUT2D eigenvalue weighted by Crippen LogP contribution is 2.45. The molecular formula is C26H39NO5. The first kappa shape index (κ1) is 24.4. The molecular weight excluding hydrogens is 406 g/mol. The van der Waals surface area contributed by atoms with Crippen molar-refractivity contribution in [3.05, 3.63) is 23.8 Å². The molecule has 6 nitrogen and oxygen atoms in total. The molecule has 1 aromatic carbocycles. The highest BCUT2D eigenvalue weighted by molar-refractivity contribution is 5.77. The first-order chi connectivity index (χ1) is 15.1. The van der Waals surface area contributed by atoms with E-state index < -0.39 is 5.60 Å². The number of ketones is 1. The summed E-state index contributed by atoms with van der Waals surface area (Å²) in [5.41, 5.74) is 0.353. The Hall–Kier alpha value is -2.24. The van der Waals surface area contributed by atoms with Crippen molar-refractivity contribution < 1.29 is 23.8 Å². The van der Waals surface area contributed by atoms with Crippen LogP contribution >= 0.6 is 0 Å². The normalized spacial score (nSPS) is 24.1. The number of Topliss-reactive ketones (excluding diaryl/α,β-unsaturated/α-hetero) is 1. The third-order valence-corrected chi connectivity index (χ3v) is 6.62. The Morgan fingerprint density at radius 2 is 1.72 bits per heavy atom. The van der Waals surface area contributed by atoms with Crippen molar-refractivity contribution in [2.24, 2.45) is 0 Å². The Morgan fingerprint density at radius 3 is 2.28 bits per heavy atom. The number of methoxy groups -OCH3 is 1. The minimum atomic E-state index is -0.518. The van der Waals surface area contributed by atoms with Gasteiger partial charge < -0.3 is 19.5 Å². The third-order valence-electron chi connectivity index (χ3n) is 6.62. The maximum atomic E-state index is 12.2. The molecule has 0 unspecified atom stereocenters. The van der Waals surface area contributed by atoms with E-state index in [-0.39, 0.29) is 29.4 Å². The number of carbonyl (C=O) groups is 2. The summed E-state index contributed by atoms with van der Waals surface area (Å²) in [4.78, 5) is 24.4. The van der Waals surface area contributed by atoms with Gasteiger partial charge in [-0.15, -0.1) is 0 Å². The van der Waals surface area contributed by atoms with Crippen LogP contribution in [0.5, 0.6) is 11.5 Å². The van der Waals surface area contributed by atoms with Gasteiger partial charge in [0.05, 0.1) is 13.2 Å². The van der Waals surface area contributed by atoms with Crippen molar-refractivity contribution in [3.63, 3.8) is 0 Å². The number of hydrogen-bond donors (Lipinski definition) is 1. The second kappa shape index (κ2) is 10.1. The van der Waals surface area contributed by atoms with Gasteiger partial charge in [0.1, 0.15) is 11.4 Å². The molecule has 32 heavy (non-hydrogen) atoms. The topological polar surface area (TPSA) is 73.9 Å². The van der Waals surface area contributed by atoms with Crippen molar-refractivity contribution in [2.45, 2.75) is 109 Å². The van der Waals surface area contributed by atoms with Gasteiger partial charge in [-0.1, -0.05) is 6.07 Å². The average Bonchev–Trinajstić information content (AvgIpc) is 3.21. The summed E-state index contributed by atoms with van der Waals surface area (Å²) >= 11 is 0. The largest absolute Gasteiger partial charge is 0.493 e. The van der Waals surface area contributed by atoms with E-state index in [2.05, 4.69) is 17.4 Å². The standard InChI is InChI=1S/C26H39NO5/c1-18(28)17-26(14-12-20(13-15-26)27-24(29)32-25(2,3)4)19-10-11-22(30-5)23(16-19)31-21-8-6-7-9-21/h10-11,16,20-21H,6-9,12-15,17H2,1-5H3,(H,27,29). The molecule has 1 aromatic rings. The van der Waals surface area contributed by atoms with Crippen LogP contribution < -0.4 is 14.8 Å². The summed E-state index contributed by atoms with van der Waals surface area (Å²) in [5.74, 6) is 1.69. The van der Waals surface area contributed by atoms with Gasteiger partial charge in [0.15, 0.2) is 11.5 Å². The molecule has 0 saturated heterocycles. The molecule has 1 N–H and O–H groups in total. The quantitative estimate of drug-likeness (QED) is 0.583. The summed E-state index contributed by atoms with van der Waals surface area (Å²) < 4.78 is 17.3. The summed E-state index contributed by atoms with van der Waals surface area (Å²) in [6, 6.07) is 6.18. The second-order valence-corrected chi connectivity index (χ2v) is 10.5. The molecule has 0 bridgehead atoms. The molecule has 0 heterocycles. The number of carbonyl (C=O) groups excluding carboxylic acids is 2. The number of hydrogen-bond acceptors (Lipinski definition) is 5. The van der Waals surface area contributed by atoms with Gasteiger partial charge in [-0.05, 0) is 96.8 Å². The van der Waals surface area contributed by atoms with Crippen LogP contribution in [0.2, 0.25) is 0 Å². The fraction of sp³-hybridized carbons (Fsp3) is 0.692. The van der Waals surface area contributed by atoms with E-state index in [0.29, 0.717) is 6.42 Å². The Bertz CT molecular complexity index is 799. The van der Waals surface area contributed by atoms with Gasteiger partial charge in [-0.2, -0.15) is 0 Å². The number of nitrogens with one attached hydrogen (secondary N) is 1. The number of amides is 1. The van der Waals surface area contributed by atoms with E-state index in [4.69, 9.17) is 14.2 Å². The summed E-state index contributed by atoms with van der Waals surface area (Å²) in [6.45, 7) is 7.24. The van der Waals surface area contributed by atoms with Crippen LogP contribution in [0.1, 0.15) is 91.0 Å². The summed E-state index contributed by atoms with van der Waals surface area (Å²) in [5, 5.41) is 3.01. The van der Waals surface area contributed by atoms with Gasteiger partial charge in [0.25, 0.3) is 0 Å². The van der Waals surface area contributed by atoms with Crippen molar-refractivity contribution in [2.75, 3.05) is 7.11 Å². The lowest BCUT2D eigenvalue weighted by molar-refractivity contribution is -0.118. The molecule has 2 aliphatic rings. The van der Waals surface area contributed by atoms with Crippen LogP contribution in [0.15, 0.2) is 18.2 Å². The molecule has 0 aliphatic heterocycles. The van der Waals surface area contributed by atoms with Crippen LogP contribution in [0.25, 0.3) is 0 Å². The zero-order valence-electron chi connectivity index (χ0n) is 20.3. The minimum Gasteiger partial charge on any atom is -0.493 e. The number of benzene rings is 1. The number of rotatable bonds is 7. The first-order valence-electron chi connectivity index (χ1n) is 11.9. The van der Waals surface area contributed by atoms with Crippen molar-refractivity contribution in [3.8, 4) is 11.5 Å². The van der Waals surface area contributed by atoms with Crippen LogP contribution in [0.4, 0.5) is 4.79 Å². The fourth-order valence-corrected chi connectivity index (χ4v) is 5.12. The Kier molecular flexibility index (Phi) is 7.73. The van der Waals surface area contributed by atoms with E-state index in [1.54, 1.807) is 14.0 Å². The number of ether oxygens (including phenoxy) is 3. The van der Waals surface area contributed by atoms with Gasteiger partial charge in [-0.3, -0.25) is 4.79 Å². The van der Waals surface area contributed by atoms with E-state index in [9.17, 15) is 9.59 Å². The molecule has 2 aliphatic carbocycles. The first-order valence-corrected chi connectivity index (χ1v) is 11.9. The lowest BCUT2D eigenvalue weighted by Gasteiger charge is -2.41. The van der Waals surface area contributed by atoms with E-state index in [1.807, 2.05) is 26.8 Å². The van der Waals surface area contributed by atoms with Gasteiger partial charge in [-0.25, -0.2) is 4.79 Å². The Morgan fingerprint density at radius 1 is 1.06 bits per heavy atom. The Labute approximate surface area is 192 Å². The SMILES string of the molecule is COc1ccc(C2(CC(C)=O)CCC(NC(=O)OC(C)(C)C)CC2)cc1OC1CCCC1. The van der Waals surface area contributed by atoms with Crippen LogP contribution in [0, 0.1) is 0 Å². The van der Waals surface area contributed by atoms with E-state index in [1.165, 1.54) is 12.8 Å². The van der Waals surface area contributed by atoms with Crippen molar-refractivity contribution in [1.29, 1.82) is 0 Å². The molecule has 2 fully saturated rings. The molecule has 0 atom stereocenters. The van der Waals surface area contributed by atoms with Crippen LogP contribution in [0.3, 0.4) is 0 Å². The highest BCUT2D eigenvalue weighted by atomic mass is 16.6.